The van der Waals surface area contributed by atoms with Crippen LogP contribution in [0.25, 0.3) is 0 Å². The van der Waals surface area contributed by atoms with Crippen molar-refractivity contribution in [2.75, 3.05) is 5.32 Å². The van der Waals surface area contributed by atoms with Crippen molar-refractivity contribution < 1.29 is 13.9 Å². The second-order valence-electron chi connectivity index (χ2n) is 5.22. The maximum absolute atomic E-state index is 13.5. The predicted molar refractivity (Wildman–Crippen MR) is 91.6 cm³/mol. The first kappa shape index (κ1) is 15.7. The summed E-state index contributed by atoms with van der Waals surface area (Å²) in [5, 5.41) is 2.81. The zero-order valence-corrected chi connectivity index (χ0v) is 12.9. The smallest absolute Gasteiger partial charge is 0.255 e. The van der Waals surface area contributed by atoms with Gasteiger partial charge in [-0.2, -0.15) is 0 Å². The molecule has 3 rings (SSSR count). The minimum Gasteiger partial charge on any atom is -0.489 e. The molecule has 0 spiro atoms. The van der Waals surface area contributed by atoms with Gasteiger partial charge in [-0.05, 0) is 42.5 Å². The fraction of sp³-hybridized carbons (Fsp3) is 0.0500. The molecule has 3 nitrogen and oxygen atoms in total. The van der Waals surface area contributed by atoms with Crippen LogP contribution in [0.2, 0.25) is 0 Å². The molecule has 120 valence electrons. The molecule has 1 N–H and O–H groups in total. The first-order valence-electron chi connectivity index (χ1n) is 7.55. The van der Waals surface area contributed by atoms with Crippen LogP contribution in [0.5, 0.6) is 5.75 Å². The van der Waals surface area contributed by atoms with Crippen LogP contribution in [0, 0.1) is 5.82 Å². The molecule has 1 amide bonds. The topological polar surface area (TPSA) is 38.3 Å². The van der Waals surface area contributed by atoms with Crippen LogP contribution < -0.4 is 10.1 Å². The van der Waals surface area contributed by atoms with E-state index in [9.17, 15) is 9.18 Å². The van der Waals surface area contributed by atoms with E-state index in [1.165, 1.54) is 6.07 Å². The number of rotatable bonds is 5. The quantitative estimate of drug-likeness (QED) is 0.742. The van der Waals surface area contributed by atoms with Crippen molar-refractivity contribution in [3.63, 3.8) is 0 Å². The van der Waals surface area contributed by atoms with Gasteiger partial charge in [0, 0.05) is 16.8 Å². The van der Waals surface area contributed by atoms with Crippen LogP contribution in [0.3, 0.4) is 0 Å². The zero-order chi connectivity index (χ0) is 16.8. The van der Waals surface area contributed by atoms with E-state index in [4.69, 9.17) is 4.74 Å². The molecule has 3 aromatic rings. The molecule has 0 unspecified atom stereocenters. The lowest BCUT2D eigenvalue weighted by Gasteiger charge is -2.09. The Morgan fingerprint density at radius 3 is 2.25 bits per heavy atom. The molecule has 24 heavy (non-hydrogen) atoms. The lowest BCUT2D eigenvalue weighted by Crippen LogP contribution is -2.11. The van der Waals surface area contributed by atoms with E-state index in [0.717, 1.165) is 0 Å². The molecular weight excluding hydrogens is 305 g/mol. The third kappa shape index (κ3) is 3.98. The largest absolute Gasteiger partial charge is 0.489 e. The van der Waals surface area contributed by atoms with Crippen LogP contribution in [-0.4, -0.2) is 5.91 Å². The Balaban J connectivity index is 1.59. The highest BCUT2D eigenvalue weighted by Gasteiger charge is 2.06. The van der Waals surface area contributed by atoms with Gasteiger partial charge in [-0.15, -0.1) is 0 Å². The van der Waals surface area contributed by atoms with Crippen molar-refractivity contribution in [2.24, 2.45) is 0 Å². The van der Waals surface area contributed by atoms with Crippen LogP contribution in [0.1, 0.15) is 15.9 Å². The Labute approximate surface area is 139 Å². The number of halogens is 1. The fourth-order valence-corrected chi connectivity index (χ4v) is 2.20. The zero-order valence-electron chi connectivity index (χ0n) is 12.9. The number of hydrogen-bond acceptors (Lipinski definition) is 2. The second kappa shape index (κ2) is 7.42. The average Bonchev–Trinajstić information content (AvgIpc) is 2.63. The van der Waals surface area contributed by atoms with Gasteiger partial charge in [0.25, 0.3) is 5.91 Å². The Bertz CT molecular complexity index is 817. The monoisotopic (exact) mass is 321 g/mol. The number of carbonyl (C=O) groups excluding carboxylic acids is 1. The summed E-state index contributed by atoms with van der Waals surface area (Å²) in [6, 6.07) is 22.5. The molecule has 0 atom stereocenters. The molecule has 0 aliphatic rings. The Morgan fingerprint density at radius 1 is 0.875 bits per heavy atom. The summed E-state index contributed by atoms with van der Waals surface area (Å²) in [6.45, 7) is 0.155. The third-order valence-corrected chi connectivity index (χ3v) is 3.50. The SMILES string of the molecule is O=C(Nc1ccc(OCc2ccccc2F)cc1)c1ccccc1. The first-order chi connectivity index (χ1) is 11.7. The summed E-state index contributed by atoms with van der Waals surface area (Å²) in [5.41, 5.74) is 1.76. The maximum atomic E-state index is 13.5. The molecule has 0 aliphatic carbocycles. The van der Waals surface area contributed by atoms with E-state index >= 15 is 0 Å². The minimum absolute atomic E-state index is 0.155. The van der Waals surface area contributed by atoms with Gasteiger partial charge in [0.05, 0.1) is 0 Å². The highest BCUT2D eigenvalue weighted by atomic mass is 19.1. The van der Waals surface area contributed by atoms with Gasteiger partial charge < -0.3 is 10.1 Å². The van der Waals surface area contributed by atoms with Gasteiger partial charge in [0.15, 0.2) is 0 Å². The minimum atomic E-state index is -0.288. The summed E-state index contributed by atoms with van der Waals surface area (Å²) in [4.78, 5) is 12.1. The standard InChI is InChI=1S/C20H16FNO2/c21-19-9-5-4-8-16(19)14-24-18-12-10-17(11-13-18)22-20(23)15-6-2-1-3-7-15/h1-13H,14H2,(H,22,23). The summed E-state index contributed by atoms with van der Waals surface area (Å²) >= 11 is 0. The molecule has 3 aromatic carbocycles. The number of benzene rings is 3. The normalized spacial score (nSPS) is 10.2. The molecule has 0 saturated heterocycles. The van der Waals surface area contributed by atoms with E-state index in [0.29, 0.717) is 22.6 Å². The third-order valence-electron chi connectivity index (χ3n) is 3.50. The number of ether oxygens (including phenoxy) is 1. The van der Waals surface area contributed by atoms with Gasteiger partial charge in [0.1, 0.15) is 18.2 Å². The summed E-state index contributed by atoms with van der Waals surface area (Å²) < 4.78 is 19.1. The van der Waals surface area contributed by atoms with Crippen molar-refractivity contribution in [2.45, 2.75) is 6.61 Å². The van der Waals surface area contributed by atoms with Crippen molar-refractivity contribution in [1.82, 2.24) is 0 Å². The van der Waals surface area contributed by atoms with E-state index in [1.54, 1.807) is 54.6 Å². The van der Waals surface area contributed by atoms with Crippen molar-refractivity contribution in [3.05, 3.63) is 95.8 Å². The molecule has 0 heterocycles. The Hall–Kier alpha value is -3.14. The van der Waals surface area contributed by atoms with E-state index in [-0.39, 0.29) is 18.3 Å². The van der Waals surface area contributed by atoms with Gasteiger partial charge in [-0.25, -0.2) is 4.39 Å². The lowest BCUT2D eigenvalue weighted by atomic mass is 10.2. The van der Waals surface area contributed by atoms with Gasteiger partial charge in [0.2, 0.25) is 0 Å². The number of carbonyl (C=O) groups is 1. The molecule has 0 fully saturated rings. The average molecular weight is 321 g/mol. The molecule has 0 aliphatic heterocycles. The highest BCUT2D eigenvalue weighted by Crippen LogP contribution is 2.18. The number of anilines is 1. The summed E-state index contributed by atoms with van der Waals surface area (Å²) in [7, 11) is 0. The highest BCUT2D eigenvalue weighted by molar-refractivity contribution is 6.04. The van der Waals surface area contributed by atoms with Gasteiger partial charge in [-0.1, -0.05) is 36.4 Å². The van der Waals surface area contributed by atoms with E-state index in [2.05, 4.69) is 5.32 Å². The summed E-state index contributed by atoms with van der Waals surface area (Å²) in [5.74, 6) is 0.149. The van der Waals surface area contributed by atoms with Crippen LogP contribution in [0.4, 0.5) is 10.1 Å². The molecular formula is C20H16FNO2. The van der Waals surface area contributed by atoms with Crippen molar-refractivity contribution in [3.8, 4) is 5.75 Å². The maximum Gasteiger partial charge on any atom is 0.255 e. The predicted octanol–water partition coefficient (Wildman–Crippen LogP) is 4.66. The van der Waals surface area contributed by atoms with Crippen molar-refractivity contribution in [1.29, 1.82) is 0 Å². The summed E-state index contributed by atoms with van der Waals surface area (Å²) in [6.07, 6.45) is 0. The Kier molecular flexibility index (Phi) is 4.87. The number of amides is 1. The molecule has 0 saturated carbocycles. The molecule has 0 radical (unpaired) electrons. The molecule has 0 aromatic heterocycles. The molecule has 0 bridgehead atoms. The first-order valence-corrected chi connectivity index (χ1v) is 7.55. The lowest BCUT2D eigenvalue weighted by molar-refractivity contribution is 0.102. The van der Waals surface area contributed by atoms with E-state index in [1.807, 2.05) is 18.2 Å². The molecule has 4 heteroatoms. The number of nitrogens with one attached hydrogen (secondary N) is 1. The Morgan fingerprint density at radius 2 is 1.54 bits per heavy atom. The number of hydrogen-bond donors (Lipinski definition) is 1. The van der Waals surface area contributed by atoms with E-state index < -0.39 is 0 Å². The van der Waals surface area contributed by atoms with Crippen LogP contribution >= 0.6 is 0 Å². The van der Waals surface area contributed by atoms with Crippen LogP contribution in [0.15, 0.2) is 78.9 Å². The van der Waals surface area contributed by atoms with Crippen molar-refractivity contribution >= 4 is 11.6 Å². The van der Waals surface area contributed by atoms with Gasteiger partial charge >= 0.3 is 0 Å². The van der Waals surface area contributed by atoms with Gasteiger partial charge in [-0.3, -0.25) is 4.79 Å². The fourth-order valence-electron chi connectivity index (χ4n) is 2.20. The van der Waals surface area contributed by atoms with Crippen LogP contribution in [-0.2, 0) is 6.61 Å². The second-order valence-corrected chi connectivity index (χ2v) is 5.22.